The van der Waals surface area contributed by atoms with E-state index in [0.29, 0.717) is 10.7 Å². The number of aromatic nitrogens is 1. The van der Waals surface area contributed by atoms with Crippen LogP contribution in [0.4, 0.5) is 9.93 Å². The van der Waals surface area contributed by atoms with Crippen LogP contribution in [0.5, 0.6) is 0 Å². The van der Waals surface area contributed by atoms with Crippen LogP contribution in [0.3, 0.4) is 0 Å². The van der Waals surface area contributed by atoms with E-state index in [9.17, 15) is 19.2 Å². The summed E-state index contributed by atoms with van der Waals surface area (Å²) in [6, 6.07) is 29.1. The Balaban J connectivity index is 1.23. The largest absolute Gasteiger partial charge is 0.455 e. The Morgan fingerprint density at radius 3 is 1.91 bits per heavy atom. The maximum atomic E-state index is 14.0. The summed E-state index contributed by atoms with van der Waals surface area (Å²) in [4.78, 5) is 70.1. The molecule has 3 aromatic carbocycles. The predicted molar refractivity (Wildman–Crippen MR) is 222 cm³/mol. The van der Waals surface area contributed by atoms with Gasteiger partial charge in [-0.15, -0.1) is 23.1 Å². The van der Waals surface area contributed by atoms with Gasteiger partial charge in [-0.2, -0.15) is 5.48 Å². The average Bonchev–Trinajstić information content (AvgIpc) is 3.65. The maximum Gasteiger partial charge on any atom is 0.431 e. The molecule has 2 atom stereocenters. The zero-order valence-corrected chi connectivity index (χ0v) is 34.9. The molecule has 0 radical (unpaired) electrons. The summed E-state index contributed by atoms with van der Waals surface area (Å²) in [7, 11) is 1.32. The molecule has 58 heavy (non-hydrogen) atoms. The number of fused-ring (bicyclic) bond motifs is 1. The minimum Gasteiger partial charge on any atom is -0.455 e. The van der Waals surface area contributed by atoms with E-state index in [1.165, 1.54) is 35.1 Å². The van der Waals surface area contributed by atoms with Crippen LogP contribution in [0.1, 0.15) is 63.9 Å². The minimum atomic E-state index is -1.02. The second-order valence-electron chi connectivity index (χ2n) is 15.3. The fourth-order valence-electron chi connectivity index (χ4n) is 6.48. The number of benzene rings is 3. The number of hydrogen-bond acceptors (Lipinski definition) is 13. The van der Waals surface area contributed by atoms with Gasteiger partial charge < -0.3 is 24.9 Å². The molecule has 3 N–H and O–H groups in total. The standard InChI is InChI=1S/C42H46N6O8S2/c1-40(2,3)55-37(51)33-26(23-54-47-39(52)56-41(4,5)6)24-57-36-32(35(50)48(33)36)44-34(49)31(46-53-7)30-25-58-38(43-30)45-42(27-17-11-8-12-18-27,28-19-13-9-14-20-28)29-21-15-10-16-22-29/h8-22,25,32,36H,23-24H2,1-7H3,(H,43,45)(H,44,49)(H,47,52)/b46-31-/t32-,36-/m1/s1. The summed E-state index contributed by atoms with van der Waals surface area (Å²) in [5, 5.41) is 12.1. The first-order valence-electron chi connectivity index (χ1n) is 18.4. The molecule has 3 heterocycles. The van der Waals surface area contributed by atoms with Gasteiger partial charge in [0.05, 0.1) is 6.61 Å². The van der Waals surface area contributed by atoms with Gasteiger partial charge in [-0.3, -0.25) is 19.3 Å². The lowest BCUT2D eigenvalue weighted by Gasteiger charge is -2.49. The Kier molecular flexibility index (Phi) is 12.6. The third-order valence-electron chi connectivity index (χ3n) is 8.79. The fraction of sp³-hybridized carbons (Fsp3) is 0.333. The summed E-state index contributed by atoms with van der Waals surface area (Å²) in [6.45, 7) is 10.0. The molecule has 0 bridgehead atoms. The number of anilines is 1. The van der Waals surface area contributed by atoms with Crippen LogP contribution in [0.25, 0.3) is 0 Å². The number of thioether (sulfide) groups is 1. The van der Waals surface area contributed by atoms with Gasteiger partial charge in [-0.1, -0.05) is 96.2 Å². The summed E-state index contributed by atoms with van der Waals surface area (Å²) >= 11 is 2.60. The zero-order chi connectivity index (χ0) is 41.7. The van der Waals surface area contributed by atoms with Crippen molar-refractivity contribution in [3.63, 3.8) is 0 Å². The number of nitrogens with one attached hydrogen (secondary N) is 3. The summed E-state index contributed by atoms with van der Waals surface area (Å²) in [5.74, 6) is -1.75. The van der Waals surface area contributed by atoms with Crippen molar-refractivity contribution in [1.82, 2.24) is 20.7 Å². The highest BCUT2D eigenvalue weighted by Gasteiger charge is 2.55. The molecule has 1 aromatic heterocycles. The van der Waals surface area contributed by atoms with Crippen molar-refractivity contribution in [1.29, 1.82) is 0 Å². The molecule has 304 valence electrons. The number of amides is 3. The van der Waals surface area contributed by atoms with Gasteiger partial charge in [-0.25, -0.2) is 14.6 Å². The van der Waals surface area contributed by atoms with Gasteiger partial charge in [0, 0.05) is 11.1 Å². The summed E-state index contributed by atoms with van der Waals surface area (Å²) in [5.41, 5.74) is 3.11. The number of nitrogens with zero attached hydrogens (tertiary/aromatic N) is 3. The first-order valence-corrected chi connectivity index (χ1v) is 20.4. The van der Waals surface area contributed by atoms with E-state index in [1.54, 1.807) is 46.9 Å². The number of oxime groups is 1. The lowest BCUT2D eigenvalue weighted by Crippen LogP contribution is -2.71. The van der Waals surface area contributed by atoms with E-state index in [0.717, 1.165) is 16.7 Å². The number of carbonyl (C=O) groups excluding carboxylic acids is 4. The second kappa shape index (κ2) is 17.4. The Morgan fingerprint density at radius 2 is 1.40 bits per heavy atom. The zero-order valence-electron chi connectivity index (χ0n) is 33.2. The first-order chi connectivity index (χ1) is 27.6. The van der Waals surface area contributed by atoms with E-state index in [4.69, 9.17) is 24.1 Å². The number of β-lactam (4-membered cyclic amide) rings is 1. The number of hydrogen-bond donors (Lipinski definition) is 3. The summed E-state index contributed by atoms with van der Waals surface area (Å²) < 4.78 is 10.9. The highest BCUT2D eigenvalue weighted by Crippen LogP contribution is 2.42. The van der Waals surface area contributed by atoms with Crippen LogP contribution < -0.4 is 16.1 Å². The smallest absolute Gasteiger partial charge is 0.431 e. The number of esters is 1. The number of rotatable bonds is 13. The van der Waals surface area contributed by atoms with Gasteiger partial charge in [0.25, 0.3) is 11.8 Å². The quantitative estimate of drug-likeness (QED) is 0.0452. The van der Waals surface area contributed by atoms with Crippen molar-refractivity contribution in [2.45, 2.75) is 69.7 Å². The van der Waals surface area contributed by atoms with Gasteiger partial charge in [0.2, 0.25) is 0 Å². The van der Waals surface area contributed by atoms with Gasteiger partial charge in [0.1, 0.15) is 46.7 Å². The molecule has 14 nitrogen and oxygen atoms in total. The molecule has 4 aromatic rings. The summed E-state index contributed by atoms with van der Waals surface area (Å²) in [6.07, 6.45) is -0.810. The van der Waals surface area contributed by atoms with E-state index >= 15 is 0 Å². The molecule has 2 aliphatic heterocycles. The molecule has 6 rings (SSSR count). The Bertz CT molecular complexity index is 2090. The van der Waals surface area contributed by atoms with Crippen LogP contribution in [-0.2, 0) is 39.1 Å². The van der Waals surface area contributed by atoms with Gasteiger partial charge in [-0.05, 0) is 63.8 Å². The third kappa shape index (κ3) is 9.35. The highest BCUT2D eigenvalue weighted by molar-refractivity contribution is 8.00. The van der Waals surface area contributed by atoms with E-state index in [1.807, 2.05) is 54.6 Å². The number of thiazole rings is 1. The molecule has 3 amide bonds. The van der Waals surface area contributed by atoms with E-state index in [-0.39, 0.29) is 29.5 Å². The van der Waals surface area contributed by atoms with Gasteiger partial charge in [0.15, 0.2) is 10.8 Å². The minimum absolute atomic E-state index is 0.0140. The van der Waals surface area contributed by atoms with Crippen LogP contribution in [0.2, 0.25) is 0 Å². The van der Waals surface area contributed by atoms with E-state index in [2.05, 4.69) is 57.7 Å². The van der Waals surface area contributed by atoms with Crippen molar-refractivity contribution >= 4 is 57.8 Å². The molecule has 0 unspecified atom stereocenters. The average molecular weight is 827 g/mol. The molecule has 1 fully saturated rings. The molecule has 2 aliphatic rings. The second-order valence-corrected chi connectivity index (χ2v) is 17.3. The third-order valence-corrected chi connectivity index (χ3v) is 10.9. The van der Waals surface area contributed by atoms with Crippen LogP contribution >= 0.6 is 23.1 Å². The van der Waals surface area contributed by atoms with Crippen molar-refractivity contribution in [3.8, 4) is 0 Å². The maximum absolute atomic E-state index is 14.0. The number of carbonyl (C=O) groups is 4. The molecule has 1 saturated heterocycles. The lowest BCUT2D eigenvalue weighted by molar-refractivity contribution is -0.159. The first kappa shape index (κ1) is 41.9. The molecular weight excluding hydrogens is 781 g/mol. The van der Waals surface area contributed by atoms with Crippen molar-refractivity contribution in [2.24, 2.45) is 5.16 Å². The normalized spacial score (nSPS) is 17.1. The molecule has 0 aliphatic carbocycles. The Labute approximate surface area is 345 Å². The van der Waals surface area contributed by atoms with E-state index < -0.39 is 52.0 Å². The van der Waals surface area contributed by atoms with Crippen LogP contribution in [0, 0.1) is 0 Å². The van der Waals surface area contributed by atoms with Crippen molar-refractivity contribution in [2.75, 3.05) is 24.8 Å². The monoisotopic (exact) mass is 826 g/mol. The Hall–Kier alpha value is -5.71. The SMILES string of the molecule is CO/N=C(\C(=O)N[C@@H]1C(=O)N2C(C(=O)OC(C)(C)C)=C(CONC(=O)OC(C)(C)C)CS[C@H]12)c1csc(NC(c2ccccc2)(c2ccccc2)c2ccccc2)n1. The number of hydroxylamine groups is 1. The molecular formula is C42H46N6O8S2. The predicted octanol–water partition coefficient (Wildman–Crippen LogP) is 6.35. The topological polar surface area (TPSA) is 170 Å². The fourth-order valence-corrected chi connectivity index (χ4v) is 8.55. The Morgan fingerprint density at radius 1 is 0.845 bits per heavy atom. The van der Waals surface area contributed by atoms with Crippen molar-refractivity contribution in [3.05, 3.63) is 130 Å². The molecule has 0 spiro atoms. The highest BCUT2D eigenvalue weighted by atomic mass is 32.2. The molecule has 0 saturated carbocycles. The van der Waals surface area contributed by atoms with Crippen molar-refractivity contribution < 1.29 is 38.3 Å². The lowest BCUT2D eigenvalue weighted by atomic mass is 9.77. The molecule has 16 heteroatoms. The van der Waals surface area contributed by atoms with Crippen LogP contribution in [0.15, 0.2) is 113 Å². The number of ether oxygens (including phenoxy) is 2. The van der Waals surface area contributed by atoms with Crippen LogP contribution in [-0.4, -0.2) is 81.6 Å². The van der Waals surface area contributed by atoms with Gasteiger partial charge >= 0.3 is 12.1 Å².